The summed E-state index contributed by atoms with van der Waals surface area (Å²) in [5.74, 6) is -0.874. The summed E-state index contributed by atoms with van der Waals surface area (Å²) < 4.78 is 33.2. The molecule has 0 aromatic heterocycles. The lowest BCUT2D eigenvalue weighted by Gasteiger charge is -2.19. The third-order valence-electron chi connectivity index (χ3n) is 16.6. The first-order chi connectivity index (χ1) is 45.3. The molecule has 92 heavy (non-hydrogen) atoms. The molecule has 3 N–H and O–H groups in total. The summed E-state index contributed by atoms with van der Waals surface area (Å²) in [5.41, 5.74) is 5.40. The standard InChI is InChI=1S/C82H144NO8P/c1-3-5-7-9-11-13-15-17-19-21-23-25-27-29-31-33-35-37-38-39-40-41-43-44-46-48-50-52-54-56-58-60-62-64-66-68-70-72-74-81(84)88-78-80(79-90-92(86,87)89-77-76-83)91-82(85)75-73-71-69-67-65-63-61-59-57-55-53-51-49-47-45-42-36-34-32-30-28-26-24-22-20-18-16-14-12-10-8-6-4-2/h6,8,12,14,18,20,24,26,30,32,36,42,47,49,53,55,59,61,65,67,80H,3-5,7,9-11,13,15-17,19,21-23,25,27-29,31,33-35,37-41,43-46,48,50-52,54,56-58,60,62-64,66,68-79,83H2,1-2H3,(H,86,87)/b8-6-,14-12-,20-18-,26-24-,32-30-,42-36-,49-47-,55-53-,61-59-,67-65-. The van der Waals surface area contributed by atoms with Crippen molar-refractivity contribution in [3.63, 3.8) is 0 Å². The van der Waals surface area contributed by atoms with Gasteiger partial charge in [0.1, 0.15) is 6.61 Å². The van der Waals surface area contributed by atoms with Crippen molar-refractivity contribution in [3.8, 4) is 0 Å². The minimum Gasteiger partial charge on any atom is -0.462 e. The van der Waals surface area contributed by atoms with Gasteiger partial charge in [-0.3, -0.25) is 18.6 Å². The molecule has 0 aromatic rings. The minimum atomic E-state index is -4.42. The topological polar surface area (TPSA) is 134 Å². The van der Waals surface area contributed by atoms with Crippen LogP contribution in [-0.2, 0) is 32.7 Å². The van der Waals surface area contributed by atoms with Crippen molar-refractivity contribution in [1.82, 2.24) is 0 Å². The smallest absolute Gasteiger partial charge is 0.462 e. The molecule has 2 unspecified atom stereocenters. The molecular formula is C82H144NO8P. The molecule has 0 saturated heterocycles. The van der Waals surface area contributed by atoms with Gasteiger partial charge in [0, 0.05) is 19.4 Å². The summed E-state index contributed by atoms with van der Waals surface area (Å²) in [6.07, 6.45) is 108. The van der Waals surface area contributed by atoms with Crippen LogP contribution in [0, 0.1) is 0 Å². The van der Waals surface area contributed by atoms with Crippen LogP contribution in [0.3, 0.4) is 0 Å². The highest BCUT2D eigenvalue weighted by Crippen LogP contribution is 2.43. The summed E-state index contributed by atoms with van der Waals surface area (Å²) in [4.78, 5) is 35.4. The first-order valence-electron chi connectivity index (χ1n) is 38.5. The van der Waals surface area contributed by atoms with Crippen LogP contribution in [0.25, 0.3) is 0 Å². The largest absolute Gasteiger partial charge is 0.472 e. The van der Waals surface area contributed by atoms with E-state index in [-0.39, 0.29) is 32.6 Å². The molecule has 0 fully saturated rings. The van der Waals surface area contributed by atoms with Crippen molar-refractivity contribution in [2.45, 2.75) is 360 Å². The molecule has 530 valence electrons. The molecule has 0 spiro atoms. The quantitative estimate of drug-likeness (QED) is 0.0264. The Labute approximate surface area is 568 Å². The molecule has 0 rings (SSSR count). The Morgan fingerprint density at radius 3 is 0.891 bits per heavy atom. The highest BCUT2D eigenvalue weighted by molar-refractivity contribution is 7.47. The summed E-state index contributed by atoms with van der Waals surface area (Å²) in [5, 5.41) is 0. The van der Waals surface area contributed by atoms with Gasteiger partial charge < -0.3 is 20.1 Å². The molecule has 0 aliphatic carbocycles. The number of unbranched alkanes of at least 4 members (excludes halogenated alkanes) is 39. The fraction of sp³-hybridized carbons (Fsp3) is 0.732. The summed E-state index contributed by atoms with van der Waals surface area (Å²) in [6, 6.07) is 0. The normalized spacial score (nSPS) is 13.6. The summed E-state index contributed by atoms with van der Waals surface area (Å²) >= 11 is 0. The van der Waals surface area contributed by atoms with Gasteiger partial charge >= 0.3 is 19.8 Å². The highest BCUT2D eigenvalue weighted by atomic mass is 31.2. The fourth-order valence-corrected chi connectivity index (χ4v) is 11.7. The molecule has 0 saturated carbocycles. The maximum absolute atomic E-state index is 12.8. The molecule has 0 aromatic carbocycles. The Balaban J connectivity index is 3.90. The van der Waals surface area contributed by atoms with E-state index in [2.05, 4.69) is 135 Å². The van der Waals surface area contributed by atoms with E-state index in [0.717, 1.165) is 96.3 Å². The van der Waals surface area contributed by atoms with E-state index in [1.807, 2.05) is 0 Å². The van der Waals surface area contributed by atoms with E-state index in [0.29, 0.717) is 6.42 Å². The summed E-state index contributed by atoms with van der Waals surface area (Å²) in [6.45, 7) is 3.62. The molecular weight excluding hydrogens is 1160 g/mol. The van der Waals surface area contributed by atoms with Gasteiger partial charge in [-0.15, -0.1) is 0 Å². The molecule has 0 aliphatic rings. The molecule has 2 atom stereocenters. The van der Waals surface area contributed by atoms with Crippen LogP contribution < -0.4 is 5.73 Å². The molecule has 9 nitrogen and oxygen atoms in total. The van der Waals surface area contributed by atoms with Gasteiger partial charge in [-0.25, -0.2) is 4.57 Å². The van der Waals surface area contributed by atoms with Gasteiger partial charge in [0.2, 0.25) is 0 Å². The Morgan fingerprint density at radius 1 is 0.337 bits per heavy atom. The van der Waals surface area contributed by atoms with Crippen molar-refractivity contribution in [3.05, 3.63) is 122 Å². The van der Waals surface area contributed by atoms with Gasteiger partial charge in [0.05, 0.1) is 13.2 Å². The second-order valence-corrected chi connectivity index (χ2v) is 27.0. The number of carbonyl (C=O) groups is 2. The number of rotatable bonds is 72. The first-order valence-corrected chi connectivity index (χ1v) is 40.0. The van der Waals surface area contributed by atoms with Crippen LogP contribution in [0.5, 0.6) is 0 Å². The van der Waals surface area contributed by atoms with Crippen molar-refractivity contribution in [2.24, 2.45) is 5.73 Å². The van der Waals surface area contributed by atoms with Crippen LogP contribution in [0.4, 0.5) is 0 Å². The van der Waals surface area contributed by atoms with Gasteiger partial charge in [0.25, 0.3) is 0 Å². The number of carbonyl (C=O) groups excluding carboxylic acids is 2. The Hall–Kier alpha value is -3.59. The van der Waals surface area contributed by atoms with Gasteiger partial charge in [-0.2, -0.15) is 0 Å². The number of ether oxygens (including phenoxy) is 2. The van der Waals surface area contributed by atoms with Crippen LogP contribution in [0.1, 0.15) is 354 Å². The number of phosphoric ester groups is 1. The number of hydrogen-bond acceptors (Lipinski definition) is 8. The third kappa shape index (κ3) is 75.4. The van der Waals surface area contributed by atoms with E-state index in [4.69, 9.17) is 24.3 Å². The van der Waals surface area contributed by atoms with Crippen molar-refractivity contribution < 1.29 is 37.6 Å². The van der Waals surface area contributed by atoms with Crippen LogP contribution in [0.2, 0.25) is 0 Å². The van der Waals surface area contributed by atoms with Gasteiger partial charge in [-0.1, -0.05) is 373 Å². The second kappa shape index (κ2) is 76.4. The van der Waals surface area contributed by atoms with E-state index >= 15 is 0 Å². The maximum Gasteiger partial charge on any atom is 0.472 e. The zero-order valence-corrected chi connectivity index (χ0v) is 60.7. The van der Waals surface area contributed by atoms with Crippen LogP contribution in [0.15, 0.2) is 122 Å². The molecule has 0 aliphatic heterocycles. The first kappa shape index (κ1) is 88.4. The molecule has 0 amide bonds. The predicted octanol–water partition coefficient (Wildman–Crippen LogP) is 25.8. The minimum absolute atomic E-state index is 0.0412. The van der Waals surface area contributed by atoms with Crippen molar-refractivity contribution in [1.29, 1.82) is 0 Å². The van der Waals surface area contributed by atoms with E-state index in [1.165, 1.54) is 225 Å². The van der Waals surface area contributed by atoms with Crippen molar-refractivity contribution in [2.75, 3.05) is 26.4 Å². The lowest BCUT2D eigenvalue weighted by molar-refractivity contribution is -0.161. The SMILES string of the molecule is CC/C=C\C/C=C\C/C=C\C/C=C\C/C=C\C/C=C\C/C=C\C/C=C\C/C=C\C/C=C\CCCCC(=O)OC(COC(=O)CCCCCCCCCCCCCCCCCCCCCCCCCCCCCCCCCCCCCCCC)COP(=O)(O)OCCN. The third-order valence-corrected chi connectivity index (χ3v) is 17.6. The van der Waals surface area contributed by atoms with Gasteiger partial charge in [0.15, 0.2) is 6.10 Å². The highest BCUT2D eigenvalue weighted by Gasteiger charge is 2.26. The predicted molar refractivity (Wildman–Crippen MR) is 399 cm³/mol. The lowest BCUT2D eigenvalue weighted by Crippen LogP contribution is -2.29. The van der Waals surface area contributed by atoms with E-state index in [9.17, 15) is 19.0 Å². The maximum atomic E-state index is 12.8. The molecule has 0 radical (unpaired) electrons. The van der Waals surface area contributed by atoms with Crippen LogP contribution in [-0.4, -0.2) is 49.3 Å². The lowest BCUT2D eigenvalue weighted by atomic mass is 10.0. The average Bonchev–Trinajstić information content (AvgIpc) is 3.01. The number of phosphoric acid groups is 1. The Bertz CT molecular complexity index is 1930. The Morgan fingerprint density at radius 2 is 0.598 bits per heavy atom. The molecule has 0 bridgehead atoms. The number of hydrogen-bond donors (Lipinski definition) is 2. The van der Waals surface area contributed by atoms with E-state index in [1.54, 1.807) is 0 Å². The van der Waals surface area contributed by atoms with Gasteiger partial charge in [-0.05, 0) is 89.9 Å². The van der Waals surface area contributed by atoms with Crippen molar-refractivity contribution >= 4 is 19.8 Å². The molecule has 10 heteroatoms. The molecule has 0 heterocycles. The number of esters is 2. The fourth-order valence-electron chi connectivity index (χ4n) is 11.0. The second-order valence-electron chi connectivity index (χ2n) is 25.5. The Kier molecular flexibility index (Phi) is 73.4. The zero-order chi connectivity index (χ0) is 66.5. The van der Waals surface area contributed by atoms with E-state index < -0.39 is 32.5 Å². The zero-order valence-electron chi connectivity index (χ0n) is 59.8. The average molecular weight is 1300 g/mol. The van der Waals surface area contributed by atoms with Crippen LogP contribution >= 0.6 is 7.82 Å². The monoisotopic (exact) mass is 1300 g/mol. The summed E-state index contributed by atoms with van der Waals surface area (Å²) in [7, 11) is -4.42. The number of allylic oxidation sites excluding steroid dienone is 20. The number of nitrogens with two attached hydrogens (primary N) is 1.